The van der Waals surface area contributed by atoms with Crippen molar-refractivity contribution in [2.75, 3.05) is 6.54 Å². The average molecular weight is 422 g/mol. The Balaban J connectivity index is 1.30. The van der Waals surface area contributed by atoms with Crippen LogP contribution in [0.3, 0.4) is 0 Å². The van der Waals surface area contributed by atoms with Crippen LogP contribution in [0.25, 0.3) is 0 Å². The molecule has 3 atom stereocenters. The monoisotopic (exact) mass is 421 g/mol. The maximum Gasteiger partial charge on any atom is 0.261 e. The molecular weight excluding hydrogens is 394 g/mol. The largest absolute Gasteiger partial charge is 0.347 e. The first-order valence-electron chi connectivity index (χ1n) is 10.8. The van der Waals surface area contributed by atoms with Crippen LogP contribution < -0.4 is 5.32 Å². The number of carbonyl (C=O) groups is 2. The number of aromatic nitrogens is 1. The van der Waals surface area contributed by atoms with Crippen molar-refractivity contribution in [3.8, 4) is 0 Å². The highest BCUT2D eigenvalue weighted by atomic mass is 32.1. The minimum atomic E-state index is -0.0311. The van der Waals surface area contributed by atoms with Crippen molar-refractivity contribution in [2.45, 2.75) is 46.2 Å². The Morgan fingerprint density at radius 1 is 1.27 bits per heavy atom. The summed E-state index contributed by atoms with van der Waals surface area (Å²) >= 11 is 1.47. The Morgan fingerprint density at radius 2 is 2.13 bits per heavy atom. The zero-order chi connectivity index (χ0) is 20.8. The molecular formula is C24H27N3O2S. The van der Waals surface area contributed by atoms with Gasteiger partial charge in [-0.25, -0.2) is 0 Å². The molecule has 5 rings (SSSR count). The summed E-state index contributed by atoms with van der Waals surface area (Å²) in [6.45, 7) is 5.81. The summed E-state index contributed by atoms with van der Waals surface area (Å²) in [5.74, 6) is 1.48. The van der Waals surface area contributed by atoms with Crippen molar-refractivity contribution in [1.82, 2.24) is 15.2 Å². The van der Waals surface area contributed by atoms with E-state index in [2.05, 4.69) is 22.5 Å². The van der Waals surface area contributed by atoms with E-state index >= 15 is 0 Å². The third-order valence-corrected chi connectivity index (χ3v) is 8.01. The number of rotatable bonds is 4. The number of nitrogens with one attached hydrogen (secondary N) is 1. The summed E-state index contributed by atoms with van der Waals surface area (Å²) in [7, 11) is 0. The lowest BCUT2D eigenvalue weighted by Gasteiger charge is -2.33. The second-order valence-electron chi connectivity index (χ2n) is 8.84. The number of pyridine rings is 1. The van der Waals surface area contributed by atoms with E-state index in [0.717, 1.165) is 53.1 Å². The molecule has 2 aromatic rings. The van der Waals surface area contributed by atoms with E-state index in [0.29, 0.717) is 30.8 Å². The summed E-state index contributed by atoms with van der Waals surface area (Å²) in [5.41, 5.74) is 5.44. The molecule has 2 aliphatic carbocycles. The molecule has 2 amide bonds. The highest BCUT2D eigenvalue weighted by molar-refractivity contribution is 7.12. The topological polar surface area (TPSA) is 62.3 Å². The van der Waals surface area contributed by atoms with Crippen molar-refractivity contribution in [3.63, 3.8) is 0 Å². The summed E-state index contributed by atoms with van der Waals surface area (Å²) in [5, 5.41) is 5.02. The van der Waals surface area contributed by atoms with E-state index in [9.17, 15) is 9.59 Å². The lowest BCUT2D eigenvalue weighted by atomic mass is 9.90. The van der Waals surface area contributed by atoms with Crippen LogP contribution in [0.15, 0.2) is 29.8 Å². The van der Waals surface area contributed by atoms with E-state index in [4.69, 9.17) is 0 Å². The second-order valence-corrected chi connectivity index (χ2v) is 9.75. The Kier molecular flexibility index (Phi) is 4.97. The number of amides is 2. The summed E-state index contributed by atoms with van der Waals surface area (Å²) in [6.07, 6.45) is 9.43. The maximum absolute atomic E-state index is 13.1. The molecule has 2 bridgehead atoms. The summed E-state index contributed by atoms with van der Waals surface area (Å²) < 4.78 is 0. The number of allylic oxidation sites excluding steroid dienone is 2. The van der Waals surface area contributed by atoms with Gasteiger partial charge in [0.1, 0.15) is 0 Å². The molecule has 5 nitrogen and oxygen atoms in total. The summed E-state index contributed by atoms with van der Waals surface area (Å²) in [6, 6.07) is 1.97. The zero-order valence-corrected chi connectivity index (χ0v) is 18.3. The molecule has 0 radical (unpaired) electrons. The summed E-state index contributed by atoms with van der Waals surface area (Å²) in [4.78, 5) is 33.1. The van der Waals surface area contributed by atoms with Crippen molar-refractivity contribution in [1.29, 1.82) is 0 Å². The number of hydrogen-bond donors (Lipinski definition) is 1. The fourth-order valence-corrected chi connectivity index (χ4v) is 6.14. The second kappa shape index (κ2) is 7.65. The van der Waals surface area contributed by atoms with Gasteiger partial charge >= 0.3 is 0 Å². The molecule has 30 heavy (non-hydrogen) atoms. The molecule has 156 valence electrons. The highest BCUT2D eigenvalue weighted by Crippen LogP contribution is 2.44. The Labute approximate surface area is 181 Å². The molecule has 1 fully saturated rings. The van der Waals surface area contributed by atoms with Gasteiger partial charge in [0.05, 0.1) is 4.88 Å². The maximum atomic E-state index is 13.1. The normalized spacial score (nSPS) is 24.2. The number of aryl methyl sites for hydroxylation is 2. The van der Waals surface area contributed by atoms with Crippen molar-refractivity contribution in [3.05, 3.63) is 62.6 Å². The molecule has 0 spiro atoms. The number of thiophene rings is 1. The standard InChI is InChI=1S/C24H27N3O2S/c1-14-6-8-30-22(14)23(28)26-12-21-15(2)25-11-18-13-27(7-5-19(18)21)24(29)20-10-16-3-4-17(20)9-16/h3-4,6,8,11,16-17,20H,5,7,9-10,12-13H2,1-2H3,(H,26,28)/t16-,17+,20+/m1/s1. The van der Waals surface area contributed by atoms with Crippen LogP contribution in [0.5, 0.6) is 0 Å². The van der Waals surface area contributed by atoms with Crippen LogP contribution in [0.1, 0.15) is 50.5 Å². The van der Waals surface area contributed by atoms with Crippen LogP contribution >= 0.6 is 11.3 Å². The Morgan fingerprint density at radius 3 is 2.83 bits per heavy atom. The molecule has 1 aliphatic heterocycles. The van der Waals surface area contributed by atoms with Gasteiger partial charge in [0.25, 0.3) is 5.91 Å². The zero-order valence-electron chi connectivity index (χ0n) is 17.5. The third-order valence-electron chi connectivity index (χ3n) is 7.00. The lowest BCUT2D eigenvalue weighted by Crippen LogP contribution is -2.41. The molecule has 0 saturated heterocycles. The van der Waals surface area contributed by atoms with E-state index in [1.165, 1.54) is 16.9 Å². The van der Waals surface area contributed by atoms with E-state index in [1.807, 2.05) is 36.4 Å². The van der Waals surface area contributed by atoms with Crippen LogP contribution in [0, 0.1) is 31.6 Å². The Hall–Kier alpha value is -2.47. The van der Waals surface area contributed by atoms with Gasteiger partial charge in [0.2, 0.25) is 5.91 Å². The number of carbonyl (C=O) groups excluding carboxylic acids is 2. The number of hydrogen-bond acceptors (Lipinski definition) is 4. The van der Waals surface area contributed by atoms with Crippen molar-refractivity contribution < 1.29 is 9.59 Å². The third kappa shape index (κ3) is 3.37. The molecule has 1 saturated carbocycles. The molecule has 2 aromatic heterocycles. The number of fused-ring (bicyclic) bond motifs is 3. The van der Waals surface area contributed by atoms with E-state index < -0.39 is 0 Å². The van der Waals surface area contributed by atoms with Crippen molar-refractivity contribution in [2.24, 2.45) is 17.8 Å². The highest BCUT2D eigenvalue weighted by Gasteiger charge is 2.42. The van der Waals surface area contributed by atoms with Gasteiger partial charge in [0.15, 0.2) is 0 Å². The van der Waals surface area contributed by atoms with Crippen LogP contribution in [0.2, 0.25) is 0 Å². The number of nitrogens with zero attached hydrogens (tertiary/aromatic N) is 2. The average Bonchev–Trinajstić information content (AvgIpc) is 3.49. The van der Waals surface area contributed by atoms with Gasteiger partial charge in [-0.3, -0.25) is 14.6 Å². The van der Waals surface area contributed by atoms with Gasteiger partial charge < -0.3 is 10.2 Å². The van der Waals surface area contributed by atoms with Gasteiger partial charge in [-0.1, -0.05) is 12.2 Å². The van der Waals surface area contributed by atoms with Crippen molar-refractivity contribution >= 4 is 23.2 Å². The predicted octanol–water partition coefficient (Wildman–Crippen LogP) is 3.79. The first-order chi connectivity index (χ1) is 14.5. The molecule has 0 unspecified atom stereocenters. The lowest BCUT2D eigenvalue weighted by molar-refractivity contribution is -0.137. The van der Waals surface area contributed by atoms with Gasteiger partial charge in [-0.2, -0.15) is 0 Å². The van der Waals surface area contributed by atoms with E-state index in [1.54, 1.807) is 0 Å². The van der Waals surface area contributed by atoms with Gasteiger partial charge in [0, 0.05) is 37.4 Å². The van der Waals surface area contributed by atoms with E-state index in [-0.39, 0.29) is 11.8 Å². The van der Waals surface area contributed by atoms with Gasteiger partial charge in [-0.05, 0) is 78.6 Å². The van der Waals surface area contributed by atoms with Crippen LogP contribution in [-0.2, 0) is 24.3 Å². The Bertz CT molecular complexity index is 1040. The molecule has 3 heterocycles. The first kappa shape index (κ1) is 19.5. The molecule has 6 heteroatoms. The smallest absolute Gasteiger partial charge is 0.261 e. The minimum absolute atomic E-state index is 0.0311. The van der Waals surface area contributed by atoms with Crippen LogP contribution in [-0.4, -0.2) is 28.2 Å². The quantitative estimate of drug-likeness (QED) is 0.764. The molecule has 1 N–H and O–H groups in total. The minimum Gasteiger partial charge on any atom is -0.347 e. The SMILES string of the molecule is Cc1ccsc1C(=O)NCc1c(C)ncc2c1CCN(C(=O)[C@H]1C[C@@H]3C=C[C@H]1C3)C2. The predicted molar refractivity (Wildman–Crippen MR) is 117 cm³/mol. The molecule has 0 aromatic carbocycles. The molecule has 3 aliphatic rings. The van der Waals surface area contributed by atoms with Crippen LogP contribution in [0.4, 0.5) is 0 Å². The van der Waals surface area contributed by atoms with Gasteiger partial charge in [-0.15, -0.1) is 11.3 Å². The fraction of sp³-hybridized carbons (Fsp3) is 0.458. The fourth-order valence-electron chi connectivity index (χ4n) is 5.30. The first-order valence-corrected chi connectivity index (χ1v) is 11.6.